The Bertz CT molecular complexity index is 1070. The van der Waals surface area contributed by atoms with Crippen molar-refractivity contribution in [1.29, 1.82) is 0 Å². The second-order valence-electron chi connectivity index (χ2n) is 9.70. The van der Waals surface area contributed by atoms with Crippen molar-refractivity contribution in [2.24, 2.45) is 11.8 Å². The van der Waals surface area contributed by atoms with Gasteiger partial charge in [-0.2, -0.15) is 0 Å². The Hall–Kier alpha value is -3.56. The highest BCUT2D eigenvalue weighted by Crippen LogP contribution is 2.39. The highest BCUT2D eigenvalue weighted by atomic mass is 16.4. The number of rotatable bonds is 11. The van der Waals surface area contributed by atoms with Crippen molar-refractivity contribution < 1.29 is 33.9 Å². The SMILES string of the molecule is CC[C@H](C)[C@H](CC(C)=O)C(=O)NC1CCc2cccc3c2N(C1=O)[C@H](C(=O)N[C@H](C=O)CC(=O)O)C3. The fourth-order valence-corrected chi connectivity index (χ4v) is 5.00. The van der Waals surface area contributed by atoms with E-state index in [0.717, 1.165) is 11.1 Å². The van der Waals surface area contributed by atoms with Gasteiger partial charge in [-0.3, -0.25) is 24.1 Å². The molecule has 10 nitrogen and oxygen atoms in total. The number of carboxylic acids is 1. The standard InChI is InChI=1S/C26H33N3O7/c1-4-14(2)19(10-15(3)31)24(34)28-20-9-8-16-6-5-7-17-11-21(29(23(16)17)26(20)36)25(35)27-18(13-30)12-22(32)33/h5-7,13-14,18-21H,4,8-12H2,1-3H3,(H,27,35)(H,28,34)(H,32,33)/t14-,18-,19-,20?,21-/m0/s1. The zero-order valence-corrected chi connectivity index (χ0v) is 20.8. The van der Waals surface area contributed by atoms with Crippen LogP contribution in [0.25, 0.3) is 0 Å². The van der Waals surface area contributed by atoms with Gasteiger partial charge in [-0.25, -0.2) is 0 Å². The molecule has 1 unspecified atom stereocenters. The summed E-state index contributed by atoms with van der Waals surface area (Å²) < 4.78 is 0. The number of aliphatic carboxylic acids is 1. The van der Waals surface area contributed by atoms with Crippen LogP contribution in [0.5, 0.6) is 0 Å². The summed E-state index contributed by atoms with van der Waals surface area (Å²) in [5.41, 5.74) is 2.29. The van der Waals surface area contributed by atoms with E-state index in [0.29, 0.717) is 31.2 Å². The average molecular weight is 500 g/mol. The van der Waals surface area contributed by atoms with E-state index >= 15 is 0 Å². The lowest BCUT2D eigenvalue weighted by molar-refractivity contribution is -0.139. The van der Waals surface area contributed by atoms with E-state index in [1.54, 1.807) is 0 Å². The van der Waals surface area contributed by atoms with E-state index in [1.807, 2.05) is 32.0 Å². The summed E-state index contributed by atoms with van der Waals surface area (Å²) in [6.45, 7) is 5.26. The monoisotopic (exact) mass is 499 g/mol. The number of carboxylic acid groups (broad SMARTS) is 1. The Balaban J connectivity index is 1.87. The molecule has 0 spiro atoms. The highest BCUT2D eigenvalue weighted by Gasteiger charge is 2.44. The molecule has 0 saturated carbocycles. The van der Waals surface area contributed by atoms with E-state index in [9.17, 15) is 28.8 Å². The molecule has 1 aromatic rings. The largest absolute Gasteiger partial charge is 0.481 e. The van der Waals surface area contributed by atoms with Crippen LogP contribution in [0.1, 0.15) is 57.6 Å². The lowest BCUT2D eigenvalue weighted by atomic mass is 9.86. The number of nitrogens with zero attached hydrogens (tertiary/aromatic N) is 1. The molecular weight excluding hydrogens is 466 g/mol. The lowest BCUT2D eigenvalue weighted by Gasteiger charge is -2.29. The Morgan fingerprint density at radius 3 is 2.50 bits per heavy atom. The topological polar surface area (TPSA) is 150 Å². The third-order valence-electron chi connectivity index (χ3n) is 7.09. The van der Waals surface area contributed by atoms with Gasteiger partial charge in [0.25, 0.3) is 0 Å². The van der Waals surface area contributed by atoms with E-state index in [-0.39, 0.29) is 30.4 Å². The highest BCUT2D eigenvalue weighted by molar-refractivity contribution is 6.08. The van der Waals surface area contributed by atoms with Gasteiger partial charge in [0.1, 0.15) is 24.2 Å². The molecular formula is C26H33N3O7. The summed E-state index contributed by atoms with van der Waals surface area (Å²) in [5.74, 6) is -3.42. The van der Waals surface area contributed by atoms with Crippen molar-refractivity contribution in [3.05, 3.63) is 29.3 Å². The normalized spacial score (nSPS) is 21.0. The number of carbonyl (C=O) groups excluding carboxylic acids is 5. The maximum absolute atomic E-state index is 13.7. The van der Waals surface area contributed by atoms with Crippen LogP contribution in [-0.4, -0.2) is 59.0 Å². The van der Waals surface area contributed by atoms with Crippen LogP contribution in [0.2, 0.25) is 0 Å². The Morgan fingerprint density at radius 2 is 1.89 bits per heavy atom. The number of Topliss-reactive ketones (excluding diaryl/α,β-unsaturated/α-hetero) is 1. The fraction of sp³-hybridized carbons (Fsp3) is 0.538. The number of amides is 3. The van der Waals surface area contributed by atoms with Crippen LogP contribution >= 0.6 is 0 Å². The van der Waals surface area contributed by atoms with Crippen molar-refractivity contribution in [3.63, 3.8) is 0 Å². The molecule has 36 heavy (non-hydrogen) atoms. The summed E-state index contributed by atoms with van der Waals surface area (Å²) >= 11 is 0. The molecule has 10 heteroatoms. The number of carbonyl (C=O) groups is 6. The first-order valence-corrected chi connectivity index (χ1v) is 12.3. The van der Waals surface area contributed by atoms with Gasteiger partial charge in [-0.15, -0.1) is 0 Å². The number of anilines is 1. The summed E-state index contributed by atoms with van der Waals surface area (Å²) in [4.78, 5) is 75.5. The first kappa shape index (κ1) is 27.0. The Kier molecular flexibility index (Phi) is 8.60. The lowest BCUT2D eigenvalue weighted by Crippen LogP contribution is -2.56. The number of hydrogen-bond acceptors (Lipinski definition) is 6. The van der Waals surface area contributed by atoms with Crippen molar-refractivity contribution in [3.8, 4) is 0 Å². The minimum atomic E-state index is -1.24. The van der Waals surface area contributed by atoms with Crippen LogP contribution in [0.15, 0.2) is 18.2 Å². The van der Waals surface area contributed by atoms with Crippen LogP contribution in [0, 0.1) is 11.8 Å². The predicted molar refractivity (Wildman–Crippen MR) is 130 cm³/mol. The molecule has 194 valence electrons. The van der Waals surface area contributed by atoms with Gasteiger partial charge in [-0.1, -0.05) is 38.5 Å². The quantitative estimate of drug-likeness (QED) is 0.387. The molecule has 3 amide bonds. The second kappa shape index (κ2) is 11.5. The molecule has 5 atom stereocenters. The van der Waals surface area contributed by atoms with Crippen LogP contribution in [0.4, 0.5) is 5.69 Å². The molecule has 3 rings (SSSR count). The van der Waals surface area contributed by atoms with E-state index in [4.69, 9.17) is 5.11 Å². The Morgan fingerprint density at radius 1 is 1.19 bits per heavy atom. The van der Waals surface area contributed by atoms with Gasteiger partial charge >= 0.3 is 5.97 Å². The van der Waals surface area contributed by atoms with Crippen molar-refractivity contribution >= 4 is 41.4 Å². The summed E-state index contributed by atoms with van der Waals surface area (Å²) in [6.07, 6.45) is 1.60. The number of ketones is 1. The minimum Gasteiger partial charge on any atom is -0.481 e. The first-order valence-electron chi connectivity index (χ1n) is 12.3. The molecule has 0 aliphatic carbocycles. The van der Waals surface area contributed by atoms with Gasteiger partial charge in [0.2, 0.25) is 17.7 Å². The van der Waals surface area contributed by atoms with Gasteiger partial charge in [0.15, 0.2) is 0 Å². The molecule has 2 aliphatic rings. The smallest absolute Gasteiger partial charge is 0.305 e. The van der Waals surface area contributed by atoms with Gasteiger partial charge < -0.3 is 25.3 Å². The van der Waals surface area contributed by atoms with Gasteiger partial charge in [-0.05, 0) is 36.8 Å². The third kappa shape index (κ3) is 5.80. The molecule has 3 N–H and O–H groups in total. The van der Waals surface area contributed by atoms with Gasteiger partial charge in [0, 0.05) is 18.8 Å². The summed E-state index contributed by atoms with van der Waals surface area (Å²) in [6, 6.07) is 2.45. The third-order valence-corrected chi connectivity index (χ3v) is 7.09. The molecule has 0 saturated heterocycles. The Labute approximate surface area is 209 Å². The van der Waals surface area contributed by atoms with Crippen LogP contribution < -0.4 is 15.5 Å². The summed E-state index contributed by atoms with van der Waals surface area (Å²) in [5, 5.41) is 14.3. The number of benzene rings is 1. The minimum absolute atomic E-state index is 0.0570. The number of nitrogens with one attached hydrogen (secondary N) is 2. The van der Waals surface area contributed by atoms with E-state index in [1.165, 1.54) is 11.8 Å². The number of aryl methyl sites for hydroxylation is 1. The van der Waals surface area contributed by atoms with Crippen molar-refractivity contribution in [2.75, 3.05) is 4.90 Å². The first-order chi connectivity index (χ1) is 17.1. The fourth-order valence-electron chi connectivity index (χ4n) is 5.00. The van der Waals surface area contributed by atoms with Crippen LogP contribution in [-0.2, 0) is 41.6 Å². The van der Waals surface area contributed by atoms with Crippen molar-refractivity contribution in [2.45, 2.75) is 77.4 Å². The number of aldehydes is 1. The van der Waals surface area contributed by atoms with Crippen LogP contribution in [0.3, 0.4) is 0 Å². The van der Waals surface area contributed by atoms with E-state index in [2.05, 4.69) is 10.6 Å². The molecule has 0 bridgehead atoms. The molecule has 0 radical (unpaired) electrons. The summed E-state index contributed by atoms with van der Waals surface area (Å²) in [7, 11) is 0. The number of hydrogen-bond donors (Lipinski definition) is 3. The predicted octanol–water partition coefficient (Wildman–Crippen LogP) is 1.18. The van der Waals surface area contributed by atoms with E-state index < -0.39 is 48.2 Å². The zero-order valence-electron chi connectivity index (χ0n) is 20.8. The average Bonchev–Trinajstić information content (AvgIpc) is 3.17. The molecule has 0 aromatic heterocycles. The molecule has 0 fully saturated rings. The van der Waals surface area contributed by atoms with Crippen molar-refractivity contribution in [1.82, 2.24) is 10.6 Å². The maximum Gasteiger partial charge on any atom is 0.305 e. The molecule has 2 aliphatic heterocycles. The zero-order chi connectivity index (χ0) is 26.6. The maximum atomic E-state index is 13.7. The second-order valence-corrected chi connectivity index (χ2v) is 9.70. The molecule has 2 heterocycles. The molecule has 1 aromatic carbocycles. The number of para-hydroxylation sites is 1. The van der Waals surface area contributed by atoms with Gasteiger partial charge in [0.05, 0.1) is 18.2 Å².